The van der Waals surface area contributed by atoms with Gasteiger partial charge in [-0.1, -0.05) is 6.92 Å². The average Bonchev–Trinajstić information content (AvgIpc) is 2.16. The second-order valence-electron chi connectivity index (χ2n) is 4.08. The Balaban J connectivity index is 4.06. The first-order chi connectivity index (χ1) is 6.75. The third kappa shape index (κ3) is 5.49. The molecule has 0 amide bonds. The fourth-order valence-corrected chi connectivity index (χ4v) is 2.12. The van der Waals surface area contributed by atoms with Gasteiger partial charge in [-0.15, -0.1) is 0 Å². The summed E-state index contributed by atoms with van der Waals surface area (Å²) in [7, 11) is -1.40. The molecule has 0 aromatic carbocycles. The lowest BCUT2D eigenvalue weighted by Crippen LogP contribution is -2.38. The molecule has 0 saturated heterocycles. The molecule has 4 nitrogen and oxygen atoms in total. The topological polar surface area (TPSA) is 63.6 Å². The molecule has 0 aromatic heterocycles. The van der Waals surface area contributed by atoms with Gasteiger partial charge in [-0.25, -0.2) is 8.42 Å². The molecule has 2 unspecified atom stereocenters. The number of sulfone groups is 1. The van der Waals surface area contributed by atoms with Gasteiger partial charge in [0.2, 0.25) is 0 Å². The molecule has 0 spiro atoms. The van der Waals surface area contributed by atoms with E-state index in [1.54, 1.807) is 20.8 Å². The Morgan fingerprint density at radius 2 is 2.00 bits per heavy atom. The zero-order chi connectivity index (χ0) is 12.1. The van der Waals surface area contributed by atoms with Gasteiger partial charge in [0, 0.05) is 12.9 Å². The van der Waals surface area contributed by atoms with Gasteiger partial charge < -0.3 is 9.84 Å². The van der Waals surface area contributed by atoms with Crippen LogP contribution in [0, 0.1) is 0 Å². The van der Waals surface area contributed by atoms with E-state index in [-0.39, 0.29) is 17.6 Å². The number of hydrogen-bond acceptors (Lipinski definition) is 4. The normalized spacial score (nSPS) is 18.5. The zero-order valence-corrected chi connectivity index (χ0v) is 10.8. The van der Waals surface area contributed by atoms with Crippen molar-refractivity contribution in [3.05, 3.63) is 0 Å². The first-order valence-electron chi connectivity index (χ1n) is 5.20. The minimum atomic E-state index is -2.93. The highest BCUT2D eigenvalue weighted by atomic mass is 32.2. The Morgan fingerprint density at radius 3 is 2.40 bits per heavy atom. The summed E-state index contributed by atoms with van der Waals surface area (Å²) < 4.78 is 27.4. The molecule has 0 heterocycles. The standard InChI is InChI=1S/C10H22O4S/c1-5-15(12,13)8-6-7-10(3,11)9(2)14-4/h9,11H,5-8H2,1-4H3. The number of methoxy groups -OCH3 is 1. The van der Waals surface area contributed by atoms with Crippen LogP contribution in [0.15, 0.2) is 0 Å². The van der Waals surface area contributed by atoms with Crippen molar-refractivity contribution in [2.45, 2.75) is 45.3 Å². The van der Waals surface area contributed by atoms with Gasteiger partial charge >= 0.3 is 0 Å². The monoisotopic (exact) mass is 238 g/mol. The molecule has 1 N–H and O–H groups in total. The minimum absolute atomic E-state index is 0.135. The largest absolute Gasteiger partial charge is 0.387 e. The second-order valence-corrected chi connectivity index (χ2v) is 6.55. The molecule has 0 rings (SSSR count). The third-order valence-corrected chi connectivity index (χ3v) is 4.60. The van der Waals surface area contributed by atoms with Crippen LogP contribution in [0.5, 0.6) is 0 Å². The van der Waals surface area contributed by atoms with Crippen molar-refractivity contribution >= 4 is 9.84 Å². The molecular weight excluding hydrogens is 216 g/mol. The third-order valence-electron chi connectivity index (χ3n) is 2.81. The molecule has 0 fully saturated rings. The maximum Gasteiger partial charge on any atom is 0.150 e. The predicted molar refractivity (Wildman–Crippen MR) is 60.7 cm³/mol. The molecule has 0 aliphatic rings. The lowest BCUT2D eigenvalue weighted by molar-refractivity contribution is -0.0770. The van der Waals surface area contributed by atoms with Crippen molar-refractivity contribution in [2.75, 3.05) is 18.6 Å². The molecular formula is C10H22O4S. The van der Waals surface area contributed by atoms with Gasteiger partial charge in [0.25, 0.3) is 0 Å². The van der Waals surface area contributed by atoms with Crippen LogP contribution in [-0.4, -0.2) is 43.8 Å². The molecule has 92 valence electrons. The summed E-state index contributed by atoms with van der Waals surface area (Å²) in [6, 6.07) is 0. The Morgan fingerprint density at radius 1 is 1.47 bits per heavy atom. The highest BCUT2D eigenvalue weighted by molar-refractivity contribution is 7.91. The molecule has 15 heavy (non-hydrogen) atoms. The molecule has 2 atom stereocenters. The van der Waals surface area contributed by atoms with Crippen molar-refractivity contribution in [1.82, 2.24) is 0 Å². The SMILES string of the molecule is CCS(=O)(=O)CCCC(C)(O)C(C)OC. The van der Waals surface area contributed by atoms with Gasteiger partial charge in [0.1, 0.15) is 9.84 Å². The van der Waals surface area contributed by atoms with E-state index in [2.05, 4.69) is 0 Å². The number of ether oxygens (including phenoxy) is 1. The molecule has 0 aliphatic carbocycles. The quantitative estimate of drug-likeness (QED) is 0.718. The fraction of sp³-hybridized carbons (Fsp3) is 1.00. The average molecular weight is 238 g/mol. The molecule has 0 radical (unpaired) electrons. The van der Waals surface area contributed by atoms with Gasteiger partial charge in [-0.05, 0) is 26.7 Å². The van der Waals surface area contributed by atoms with Crippen molar-refractivity contribution in [2.24, 2.45) is 0 Å². The van der Waals surface area contributed by atoms with E-state index in [1.807, 2.05) is 0 Å². The summed E-state index contributed by atoms with van der Waals surface area (Å²) in [6.45, 7) is 5.07. The van der Waals surface area contributed by atoms with Gasteiger partial charge in [0.15, 0.2) is 0 Å². The summed E-state index contributed by atoms with van der Waals surface area (Å²) in [6.07, 6.45) is 0.611. The first kappa shape index (κ1) is 14.9. The smallest absolute Gasteiger partial charge is 0.150 e. The maximum absolute atomic E-state index is 11.2. The van der Waals surface area contributed by atoms with Crippen LogP contribution in [0.4, 0.5) is 0 Å². The van der Waals surface area contributed by atoms with E-state index in [0.29, 0.717) is 12.8 Å². The van der Waals surface area contributed by atoms with Gasteiger partial charge in [0.05, 0.1) is 17.5 Å². The van der Waals surface area contributed by atoms with Crippen molar-refractivity contribution in [3.63, 3.8) is 0 Å². The first-order valence-corrected chi connectivity index (χ1v) is 7.03. The molecule has 0 aromatic rings. The summed E-state index contributed by atoms with van der Waals surface area (Å²) in [5.41, 5.74) is -0.960. The van der Waals surface area contributed by atoms with Crippen LogP contribution in [0.3, 0.4) is 0 Å². The number of rotatable bonds is 7. The highest BCUT2D eigenvalue weighted by Gasteiger charge is 2.28. The summed E-state index contributed by atoms with van der Waals surface area (Å²) >= 11 is 0. The van der Waals surface area contributed by atoms with E-state index in [9.17, 15) is 13.5 Å². The number of aliphatic hydroxyl groups is 1. The van der Waals surface area contributed by atoms with E-state index < -0.39 is 15.4 Å². The maximum atomic E-state index is 11.2. The van der Waals surface area contributed by atoms with Crippen LogP contribution in [0.1, 0.15) is 33.6 Å². The van der Waals surface area contributed by atoms with E-state index >= 15 is 0 Å². The molecule has 5 heteroatoms. The second kappa shape index (κ2) is 5.82. The highest BCUT2D eigenvalue weighted by Crippen LogP contribution is 2.19. The summed E-state index contributed by atoms with van der Waals surface area (Å²) in [5.74, 6) is 0.297. The lowest BCUT2D eigenvalue weighted by atomic mass is 9.95. The lowest BCUT2D eigenvalue weighted by Gasteiger charge is -2.29. The Bertz CT molecular complexity index is 269. The van der Waals surface area contributed by atoms with Gasteiger partial charge in [-0.2, -0.15) is 0 Å². The van der Waals surface area contributed by atoms with Gasteiger partial charge in [-0.3, -0.25) is 0 Å². The van der Waals surface area contributed by atoms with Crippen LogP contribution in [0.25, 0.3) is 0 Å². The summed E-state index contributed by atoms with van der Waals surface area (Å²) in [4.78, 5) is 0. The Hall–Kier alpha value is -0.130. The Labute approximate surface area is 92.6 Å². The predicted octanol–water partition coefficient (Wildman–Crippen LogP) is 0.987. The Kier molecular flexibility index (Phi) is 5.77. The van der Waals surface area contributed by atoms with Crippen LogP contribution in [0.2, 0.25) is 0 Å². The zero-order valence-electron chi connectivity index (χ0n) is 9.99. The number of hydrogen-bond donors (Lipinski definition) is 1. The van der Waals surface area contributed by atoms with Crippen molar-refractivity contribution < 1.29 is 18.3 Å². The molecule has 0 aliphatic heterocycles. The minimum Gasteiger partial charge on any atom is -0.387 e. The molecule has 0 saturated carbocycles. The van der Waals surface area contributed by atoms with E-state index in [1.165, 1.54) is 7.11 Å². The van der Waals surface area contributed by atoms with E-state index in [0.717, 1.165) is 0 Å². The van der Waals surface area contributed by atoms with Crippen LogP contribution >= 0.6 is 0 Å². The summed E-state index contributed by atoms with van der Waals surface area (Å²) in [5, 5.41) is 9.93. The molecule has 0 bridgehead atoms. The fourth-order valence-electron chi connectivity index (χ4n) is 1.25. The van der Waals surface area contributed by atoms with E-state index in [4.69, 9.17) is 4.74 Å². The van der Waals surface area contributed by atoms with Crippen LogP contribution in [-0.2, 0) is 14.6 Å². The van der Waals surface area contributed by atoms with Crippen LogP contribution < -0.4 is 0 Å². The van der Waals surface area contributed by atoms with Crippen molar-refractivity contribution in [3.8, 4) is 0 Å². The van der Waals surface area contributed by atoms with Crippen molar-refractivity contribution in [1.29, 1.82) is 0 Å².